The van der Waals surface area contributed by atoms with Gasteiger partial charge in [-0.3, -0.25) is 9.59 Å². The van der Waals surface area contributed by atoms with Crippen molar-refractivity contribution in [1.82, 2.24) is 0 Å². The van der Waals surface area contributed by atoms with Gasteiger partial charge in [0.2, 0.25) is 5.79 Å². The summed E-state index contributed by atoms with van der Waals surface area (Å²) in [6.07, 6.45) is 2.17. The minimum atomic E-state index is -1.69. The number of hydrogen-bond donors (Lipinski definition) is 2. The first-order valence-corrected chi connectivity index (χ1v) is 14.3. The minimum Gasteiger partial charge on any atom is -0.454 e. The average molecular weight is 575 g/mol. The number of methoxy groups -OCH3 is 1. The van der Waals surface area contributed by atoms with Crippen molar-refractivity contribution in [3.8, 4) is 0 Å². The van der Waals surface area contributed by atoms with E-state index in [1.165, 1.54) is 7.11 Å². The molecule has 41 heavy (non-hydrogen) atoms. The maximum absolute atomic E-state index is 14.2. The zero-order chi connectivity index (χ0) is 29.8. The number of carbonyl (C=O) groups is 4. The van der Waals surface area contributed by atoms with Crippen LogP contribution in [-0.4, -0.2) is 82.2 Å². The van der Waals surface area contributed by atoms with Gasteiger partial charge in [-0.1, -0.05) is 13.8 Å². The molecular formula is C30H38O11. The highest BCUT2D eigenvalue weighted by molar-refractivity contribution is 5.95. The van der Waals surface area contributed by atoms with Crippen molar-refractivity contribution < 1.29 is 53.1 Å². The van der Waals surface area contributed by atoms with E-state index in [9.17, 15) is 29.4 Å². The molecular weight excluding hydrogens is 536 g/mol. The van der Waals surface area contributed by atoms with Gasteiger partial charge in [0.25, 0.3) is 0 Å². The molecule has 1 aliphatic carbocycles. The lowest BCUT2D eigenvalue weighted by molar-refractivity contribution is -0.247. The lowest BCUT2D eigenvalue weighted by atomic mass is 9.64. The van der Waals surface area contributed by atoms with Gasteiger partial charge < -0.3 is 33.9 Å². The molecule has 11 nitrogen and oxygen atoms in total. The topological polar surface area (TPSA) is 155 Å². The summed E-state index contributed by atoms with van der Waals surface area (Å²) in [4.78, 5) is 52.7. The summed E-state index contributed by atoms with van der Waals surface area (Å²) in [7, 11) is 1.40. The van der Waals surface area contributed by atoms with Gasteiger partial charge in [0.05, 0.1) is 23.7 Å². The largest absolute Gasteiger partial charge is 0.454 e. The van der Waals surface area contributed by atoms with E-state index >= 15 is 0 Å². The SMILES string of the molecule is CO[C@]12C[C@@](C)(C(=O)[C@@H](C)C=C3C=C(C)C(=O)O3)CC[C@@]3(C[C@@]45OC(=O)[C@@H](O)[C@@H]4O[C@@](C)(CO)[C@H]5CC[C@@H]3C1=O)O2. The fraction of sp³-hybridized carbons (Fsp3) is 0.733. The van der Waals surface area contributed by atoms with E-state index in [1.54, 1.807) is 39.8 Å². The van der Waals surface area contributed by atoms with Crippen LogP contribution in [0.5, 0.6) is 0 Å². The van der Waals surface area contributed by atoms with Crippen molar-refractivity contribution in [3.05, 3.63) is 23.5 Å². The van der Waals surface area contributed by atoms with Crippen LogP contribution in [0.3, 0.4) is 0 Å². The summed E-state index contributed by atoms with van der Waals surface area (Å²) in [6, 6.07) is 0. The highest BCUT2D eigenvalue weighted by atomic mass is 16.7. The van der Waals surface area contributed by atoms with Gasteiger partial charge in [-0.2, -0.15) is 0 Å². The second kappa shape index (κ2) is 9.03. The van der Waals surface area contributed by atoms with Gasteiger partial charge in [-0.15, -0.1) is 0 Å². The van der Waals surface area contributed by atoms with E-state index < -0.39 is 69.9 Å². The maximum Gasteiger partial charge on any atom is 0.339 e. The Balaban J connectivity index is 1.37. The van der Waals surface area contributed by atoms with Crippen LogP contribution in [0, 0.1) is 23.2 Å². The van der Waals surface area contributed by atoms with Gasteiger partial charge in [0.1, 0.15) is 23.2 Å². The smallest absolute Gasteiger partial charge is 0.339 e. The van der Waals surface area contributed by atoms with Crippen LogP contribution in [0.1, 0.15) is 66.2 Å². The predicted octanol–water partition coefficient (Wildman–Crippen LogP) is 1.67. The van der Waals surface area contributed by atoms with Crippen LogP contribution in [0.25, 0.3) is 0 Å². The molecule has 0 radical (unpaired) electrons. The number of Topliss-reactive ketones (excluding diaryl/α,β-unsaturated/α-hetero) is 2. The molecule has 10 atom stereocenters. The molecule has 0 unspecified atom stereocenters. The quantitative estimate of drug-likeness (QED) is 0.461. The van der Waals surface area contributed by atoms with Gasteiger partial charge in [-0.25, -0.2) is 9.59 Å². The van der Waals surface area contributed by atoms with Crippen molar-refractivity contribution in [2.75, 3.05) is 13.7 Å². The number of aliphatic hydroxyl groups is 2. The van der Waals surface area contributed by atoms with E-state index in [0.717, 1.165) is 0 Å². The summed E-state index contributed by atoms with van der Waals surface area (Å²) < 4.78 is 29.9. The van der Waals surface area contributed by atoms with E-state index in [4.69, 9.17) is 23.7 Å². The standard InChI is InChI=1S/C30H38O11/c1-15(10-17-11-16(2)24(35)38-17)21(33)26(3)8-9-28-13-29-19(7-6-18(28)22(34)30(12-26,37-5)41-28)27(4,14-31)39-23(29)20(32)25(36)40-29/h10-11,15,18-20,23,31-32H,6-9,12-14H2,1-5H3/t15-,18+,19+,20-,23-,26-,27-,28-,29-,30-/m0/s1. The molecule has 6 rings (SSSR count). The first-order valence-electron chi connectivity index (χ1n) is 14.3. The number of hydrogen-bond acceptors (Lipinski definition) is 11. The zero-order valence-electron chi connectivity index (χ0n) is 24.1. The summed E-state index contributed by atoms with van der Waals surface area (Å²) >= 11 is 0. The minimum absolute atomic E-state index is 0.00170. The molecule has 5 fully saturated rings. The second-order valence-corrected chi connectivity index (χ2v) is 13.4. The number of rotatable bonds is 5. The number of cyclic esters (lactones) is 1. The van der Waals surface area contributed by atoms with Crippen LogP contribution in [-0.2, 0) is 42.9 Å². The monoisotopic (exact) mass is 574 g/mol. The van der Waals surface area contributed by atoms with E-state index in [-0.39, 0.29) is 31.0 Å². The molecule has 2 N–H and O–H groups in total. The van der Waals surface area contributed by atoms with Crippen LogP contribution >= 0.6 is 0 Å². The number of ketones is 2. The van der Waals surface area contributed by atoms with Gasteiger partial charge in [-0.05, 0) is 51.7 Å². The number of esters is 2. The van der Waals surface area contributed by atoms with Gasteiger partial charge in [0, 0.05) is 42.8 Å². The maximum atomic E-state index is 14.2. The van der Waals surface area contributed by atoms with Crippen LogP contribution < -0.4 is 0 Å². The van der Waals surface area contributed by atoms with Crippen LogP contribution in [0.4, 0.5) is 0 Å². The number of aliphatic hydroxyl groups excluding tert-OH is 2. The summed E-state index contributed by atoms with van der Waals surface area (Å²) in [5, 5.41) is 21.0. The second-order valence-electron chi connectivity index (χ2n) is 13.4. The first-order chi connectivity index (χ1) is 19.2. The fourth-order valence-corrected chi connectivity index (χ4v) is 8.68. The molecule has 2 spiro atoms. The molecule has 0 aromatic rings. The van der Waals surface area contributed by atoms with Crippen LogP contribution in [0.15, 0.2) is 23.5 Å². The van der Waals surface area contributed by atoms with Crippen molar-refractivity contribution >= 4 is 23.5 Å². The Kier molecular flexibility index (Phi) is 6.31. The Hall–Kier alpha value is -2.44. The lowest BCUT2D eigenvalue weighted by Crippen LogP contribution is -2.52. The molecule has 1 saturated carbocycles. The lowest BCUT2D eigenvalue weighted by Gasteiger charge is -2.40. The molecule has 0 amide bonds. The molecule has 5 heterocycles. The summed E-state index contributed by atoms with van der Waals surface area (Å²) in [5.74, 6) is -4.72. The zero-order valence-corrected chi connectivity index (χ0v) is 24.1. The number of fused-ring (bicyclic) bond motifs is 1. The Labute approximate surface area is 238 Å². The van der Waals surface area contributed by atoms with Crippen molar-refractivity contribution in [2.24, 2.45) is 23.2 Å². The Morgan fingerprint density at radius 3 is 2.56 bits per heavy atom. The third kappa shape index (κ3) is 3.82. The molecule has 0 aromatic carbocycles. The molecule has 6 aliphatic rings. The van der Waals surface area contributed by atoms with Gasteiger partial charge in [0.15, 0.2) is 11.9 Å². The van der Waals surface area contributed by atoms with Crippen LogP contribution in [0.2, 0.25) is 0 Å². The molecule has 4 saturated heterocycles. The molecule has 11 heteroatoms. The summed E-state index contributed by atoms with van der Waals surface area (Å²) in [6.45, 7) is 6.56. The number of ether oxygens (including phenoxy) is 5. The summed E-state index contributed by atoms with van der Waals surface area (Å²) in [5.41, 5.74) is -4.12. The Morgan fingerprint density at radius 2 is 1.93 bits per heavy atom. The van der Waals surface area contributed by atoms with Gasteiger partial charge >= 0.3 is 11.9 Å². The fourth-order valence-electron chi connectivity index (χ4n) is 8.68. The van der Waals surface area contributed by atoms with Crippen molar-refractivity contribution in [1.29, 1.82) is 0 Å². The molecule has 224 valence electrons. The highest BCUT2D eigenvalue weighted by Crippen LogP contribution is 2.64. The normalized spacial score (nSPS) is 48.5. The first kappa shape index (κ1) is 28.7. The Bertz CT molecular complexity index is 1290. The Morgan fingerprint density at radius 1 is 1.20 bits per heavy atom. The molecule has 2 bridgehead atoms. The number of carbonyl (C=O) groups excluding carboxylic acids is 4. The van der Waals surface area contributed by atoms with E-state index in [0.29, 0.717) is 37.0 Å². The third-order valence-electron chi connectivity index (χ3n) is 10.7. The molecule has 5 aliphatic heterocycles. The predicted molar refractivity (Wildman–Crippen MR) is 139 cm³/mol. The van der Waals surface area contributed by atoms with E-state index in [2.05, 4.69) is 0 Å². The van der Waals surface area contributed by atoms with E-state index in [1.807, 2.05) is 0 Å². The van der Waals surface area contributed by atoms with Crippen molar-refractivity contribution in [3.63, 3.8) is 0 Å². The van der Waals surface area contributed by atoms with Crippen molar-refractivity contribution in [2.45, 2.75) is 101 Å². The number of allylic oxidation sites excluding steroid dienone is 2. The third-order valence-corrected chi connectivity index (χ3v) is 10.7. The highest BCUT2D eigenvalue weighted by Gasteiger charge is 2.77. The average Bonchev–Trinajstić information content (AvgIpc) is 3.44. The molecule has 0 aromatic heterocycles.